The predicted octanol–water partition coefficient (Wildman–Crippen LogP) is 8.11. The first-order valence-corrected chi connectivity index (χ1v) is 19.1. The largest absolute Gasteiger partial charge is 0.472 e. The van der Waals surface area contributed by atoms with E-state index in [2.05, 4.69) is 30.5 Å². The maximum atomic E-state index is 12.5. The highest BCUT2D eigenvalue weighted by molar-refractivity contribution is 7.47. The van der Waals surface area contributed by atoms with E-state index in [0.29, 0.717) is 12.8 Å². The van der Waals surface area contributed by atoms with Crippen LogP contribution in [0.5, 0.6) is 0 Å². The van der Waals surface area contributed by atoms with Crippen LogP contribution in [-0.4, -0.2) is 65.7 Å². The summed E-state index contributed by atoms with van der Waals surface area (Å²) in [7, 11) is -4.60. The van der Waals surface area contributed by atoms with Crippen molar-refractivity contribution in [2.24, 2.45) is 0 Å². The number of hydrogen-bond acceptors (Lipinski definition) is 9. The van der Waals surface area contributed by atoms with Crippen molar-refractivity contribution in [2.45, 2.75) is 167 Å². The summed E-state index contributed by atoms with van der Waals surface area (Å²) in [6.45, 7) is 2.29. The lowest BCUT2D eigenvalue weighted by Gasteiger charge is -2.20. The molecule has 0 saturated heterocycles. The van der Waals surface area contributed by atoms with Gasteiger partial charge in [0.2, 0.25) is 0 Å². The lowest BCUT2D eigenvalue weighted by molar-refractivity contribution is -0.161. The summed E-state index contributed by atoms with van der Waals surface area (Å²) < 4.78 is 32.4. The second-order valence-electron chi connectivity index (χ2n) is 11.9. The number of aliphatic hydroxyl groups is 2. The molecule has 45 heavy (non-hydrogen) atoms. The Morgan fingerprint density at radius 2 is 1.09 bits per heavy atom. The summed E-state index contributed by atoms with van der Waals surface area (Å²) >= 11 is 0. The molecule has 0 spiro atoms. The van der Waals surface area contributed by atoms with Gasteiger partial charge in [-0.05, 0) is 38.5 Å². The fourth-order valence-corrected chi connectivity index (χ4v) is 5.42. The van der Waals surface area contributed by atoms with E-state index in [-0.39, 0.29) is 19.4 Å². The standard InChI is InChI=1S/C34H65O10P/c1-3-5-7-9-11-12-13-14-15-16-17-18-20-22-24-26-34(38)44-32(30-43-45(39,40)42-28-31(36)27-35)29-41-33(37)25-23-21-19-10-8-6-4-2/h12-13,31-32,35-36H,3-11,14-30H2,1-2H3,(H,39,40)/b13-12-/t31-,32+/m0/s1. The average Bonchev–Trinajstić information content (AvgIpc) is 3.02. The molecule has 0 amide bonds. The summed E-state index contributed by atoms with van der Waals surface area (Å²) in [6, 6.07) is 0. The minimum absolute atomic E-state index is 0.182. The number of esters is 2. The number of phosphoric acid groups is 1. The van der Waals surface area contributed by atoms with Crippen molar-refractivity contribution in [1.29, 1.82) is 0 Å². The van der Waals surface area contributed by atoms with Gasteiger partial charge in [-0.1, -0.05) is 116 Å². The number of hydrogen-bond donors (Lipinski definition) is 3. The van der Waals surface area contributed by atoms with Crippen molar-refractivity contribution in [1.82, 2.24) is 0 Å². The second kappa shape index (κ2) is 31.3. The third-order valence-electron chi connectivity index (χ3n) is 7.42. The molecule has 266 valence electrons. The number of unbranched alkanes of at least 4 members (excludes halogenated alkanes) is 17. The molecule has 11 heteroatoms. The molecule has 0 aromatic rings. The van der Waals surface area contributed by atoms with Gasteiger partial charge in [-0.2, -0.15) is 0 Å². The Morgan fingerprint density at radius 1 is 0.644 bits per heavy atom. The summed E-state index contributed by atoms with van der Waals surface area (Å²) in [5.74, 6) is -0.935. The van der Waals surface area contributed by atoms with E-state index in [1.54, 1.807) is 0 Å². The Bertz CT molecular complexity index is 776. The van der Waals surface area contributed by atoms with Crippen LogP contribution in [0.4, 0.5) is 0 Å². The first-order chi connectivity index (χ1) is 21.7. The van der Waals surface area contributed by atoms with Gasteiger partial charge in [0.15, 0.2) is 6.10 Å². The van der Waals surface area contributed by atoms with E-state index in [9.17, 15) is 24.2 Å². The number of phosphoric ester groups is 1. The molecular weight excluding hydrogens is 599 g/mol. The van der Waals surface area contributed by atoms with Crippen LogP contribution in [0.25, 0.3) is 0 Å². The van der Waals surface area contributed by atoms with Crippen molar-refractivity contribution in [3.63, 3.8) is 0 Å². The lowest BCUT2D eigenvalue weighted by Crippen LogP contribution is -2.29. The highest BCUT2D eigenvalue weighted by Crippen LogP contribution is 2.43. The zero-order chi connectivity index (χ0) is 33.4. The van der Waals surface area contributed by atoms with E-state index in [0.717, 1.165) is 44.9 Å². The van der Waals surface area contributed by atoms with Crippen LogP contribution in [0.2, 0.25) is 0 Å². The van der Waals surface area contributed by atoms with Crippen molar-refractivity contribution in [2.75, 3.05) is 26.4 Å². The van der Waals surface area contributed by atoms with Crippen LogP contribution in [-0.2, 0) is 32.7 Å². The molecule has 0 radical (unpaired) electrons. The highest BCUT2D eigenvalue weighted by atomic mass is 31.2. The summed E-state index contributed by atoms with van der Waals surface area (Å²) in [5, 5.41) is 18.2. The minimum atomic E-state index is -4.60. The van der Waals surface area contributed by atoms with E-state index in [1.165, 1.54) is 70.6 Å². The Morgan fingerprint density at radius 3 is 1.62 bits per heavy atom. The number of carbonyl (C=O) groups is 2. The molecule has 0 bridgehead atoms. The van der Waals surface area contributed by atoms with Crippen molar-refractivity contribution in [3.8, 4) is 0 Å². The summed E-state index contributed by atoms with van der Waals surface area (Å²) in [6.07, 6.45) is 24.9. The molecule has 0 fully saturated rings. The Hall–Kier alpha value is -1.29. The topological polar surface area (TPSA) is 149 Å². The van der Waals surface area contributed by atoms with Crippen LogP contribution < -0.4 is 0 Å². The van der Waals surface area contributed by atoms with Gasteiger partial charge >= 0.3 is 19.8 Å². The molecular formula is C34H65O10P. The maximum absolute atomic E-state index is 12.5. The number of aliphatic hydroxyl groups excluding tert-OH is 2. The van der Waals surface area contributed by atoms with Gasteiger partial charge in [0.25, 0.3) is 0 Å². The molecule has 0 aliphatic heterocycles. The van der Waals surface area contributed by atoms with Crippen molar-refractivity contribution < 1.29 is 47.8 Å². The quantitative estimate of drug-likeness (QED) is 0.0272. The van der Waals surface area contributed by atoms with Crippen LogP contribution in [0.1, 0.15) is 155 Å². The zero-order valence-electron chi connectivity index (χ0n) is 28.3. The Labute approximate surface area is 273 Å². The van der Waals surface area contributed by atoms with Gasteiger partial charge in [-0.25, -0.2) is 4.57 Å². The number of carbonyl (C=O) groups excluding carboxylic acids is 2. The predicted molar refractivity (Wildman–Crippen MR) is 178 cm³/mol. The number of rotatable bonds is 33. The minimum Gasteiger partial charge on any atom is -0.462 e. The molecule has 0 aromatic heterocycles. The zero-order valence-corrected chi connectivity index (χ0v) is 29.2. The second-order valence-corrected chi connectivity index (χ2v) is 13.4. The number of ether oxygens (including phenoxy) is 2. The highest BCUT2D eigenvalue weighted by Gasteiger charge is 2.27. The van der Waals surface area contributed by atoms with Crippen LogP contribution in [0.15, 0.2) is 12.2 Å². The normalized spacial score (nSPS) is 14.3. The molecule has 3 N–H and O–H groups in total. The first-order valence-electron chi connectivity index (χ1n) is 17.6. The third-order valence-corrected chi connectivity index (χ3v) is 8.37. The molecule has 1 unspecified atom stereocenters. The van der Waals surface area contributed by atoms with Crippen molar-refractivity contribution >= 4 is 19.8 Å². The number of allylic oxidation sites excluding steroid dienone is 2. The fourth-order valence-electron chi connectivity index (χ4n) is 4.63. The van der Waals surface area contributed by atoms with Crippen LogP contribution in [0.3, 0.4) is 0 Å². The van der Waals surface area contributed by atoms with Gasteiger partial charge in [-0.15, -0.1) is 0 Å². The van der Waals surface area contributed by atoms with Gasteiger partial charge in [0.05, 0.1) is 19.8 Å². The molecule has 0 aliphatic carbocycles. The summed E-state index contributed by atoms with van der Waals surface area (Å²) in [5.41, 5.74) is 0. The Kier molecular flexibility index (Phi) is 30.4. The molecule has 0 aliphatic rings. The maximum Gasteiger partial charge on any atom is 0.472 e. The molecule has 0 rings (SSSR count). The smallest absolute Gasteiger partial charge is 0.462 e. The first kappa shape index (κ1) is 43.7. The fraction of sp³-hybridized carbons (Fsp3) is 0.882. The van der Waals surface area contributed by atoms with Crippen LogP contribution in [0, 0.1) is 0 Å². The van der Waals surface area contributed by atoms with Gasteiger partial charge < -0.3 is 24.6 Å². The van der Waals surface area contributed by atoms with Crippen molar-refractivity contribution in [3.05, 3.63) is 12.2 Å². The lowest BCUT2D eigenvalue weighted by atomic mass is 10.1. The van der Waals surface area contributed by atoms with Gasteiger partial charge in [0, 0.05) is 12.8 Å². The molecule has 10 nitrogen and oxygen atoms in total. The SMILES string of the molecule is CCCCCC/C=C\CCCCCCCCCC(=O)O[C@H](COC(=O)CCCCCCCCC)COP(=O)(O)OC[C@@H](O)CO. The summed E-state index contributed by atoms with van der Waals surface area (Å²) in [4.78, 5) is 34.6. The Balaban J connectivity index is 4.35. The molecule has 0 aromatic carbocycles. The van der Waals surface area contributed by atoms with E-state index in [1.807, 2.05) is 0 Å². The van der Waals surface area contributed by atoms with Gasteiger partial charge in [-0.3, -0.25) is 18.6 Å². The average molecular weight is 665 g/mol. The molecule has 0 heterocycles. The third kappa shape index (κ3) is 31.1. The molecule has 3 atom stereocenters. The van der Waals surface area contributed by atoms with E-state index in [4.69, 9.17) is 19.1 Å². The van der Waals surface area contributed by atoms with E-state index >= 15 is 0 Å². The van der Waals surface area contributed by atoms with E-state index < -0.39 is 51.8 Å². The van der Waals surface area contributed by atoms with Gasteiger partial charge in [0.1, 0.15) is 12.7 Å². The molecule has 0 saturated carbocycles. The van der Waals surface area contributed by atoms with Crippen LogP contribution >= 0.6 is 7.82 Å². The monoisotopic (exact) mass is 664 g/mol.